The highest BCUT2D eigenvalue weighted by atomic mass is 32.1. The van der Waals surface area contributed by atoms with Crippen LogP contribution in [0.5, 0.6) is 11.5 Å². The lowest BCUT2D eigenvalue weighted by atomic mass is 9.98. The van der Waals surface area contributed by atoms with Gasteiger partial charge in [0.05, 0.1) is 14.2 Å². The molecule has 4 nitrogen and oxygen atoms in total. The van der Waals surface area contributed by atoms with Crippen LogP contribution in [0.15, 0.2) is 18.2 Å². The van der Waals surface area contributed by atoms with E-state index < -0.39 is 0 Å². The topological polar surface area (TPSA) is 57.4 Å². The molecule has 1 aromatic heterocycles. The lowest BCUT2D eigenvalue weighted by Crippen LogP contribution is -2.10. The Hall–Kier alpha value is -1.75. The molecule has 0 bridgehead atoms. The number of anilines is 1. The average Bonchev–Trinajstić information content (AvgIpc) is 2.80. The van der Waals surface area contributed by atoms with E-state index in [1.807, 2.05) is 18.2 Å². The quantitative estimate of drug-likeness (QED) is 0.937. The maximum absolute atomic E-state index is 6.13. The minimum Gasteiger partial charge on any atom is -0.497 e. The molecule has 0 saturated carbocycles. The predicted octanol–water partition coefficient (Wildman–Crippen LogP) is 3.71. The summed E-state index contributed by atoms with van der Waals surface area (Å²) in [5.74, 6) is 1.46. The van der Waals surface area contributed by atoms with Crippen LogP contribution in [0.25, 0.3) is 11.3 Å². The van der Waals surface area contributed by atoms with E-state index in [4.69, 9.17) is 15.2 Å². The van der Waals surface area contributed by atoms with Crippen LogP contribution in [0.4, 0.5) is 5.00 Å². The zero-order valence-electron chi connectivity index (χ0n) is 12.5. The lowest BCUT2D eigenvalue weighted by Gasteiger charge is -2.13. The minimum atomic E-state index is -0.0171. The third-order valence-corrected chi connectivity index (χ3v) is 4.27. The highest BCUT2D eigenvalue weighted by molar-refractivity contribution is 7.16. The maximum atomic E-state index is 6.13. The van der Waals surface area contributed by atoms with Crippen LogP contribution in [0.2, 0.25) is 0 Å². The predicted molar refractivity (Wildman–Crippen MR) is 83.8 cm³/mol. The molecule has 0 radical (unpaired) electrons. The van der Waals surface area contributed by atoms with Gasteiger partial charge in [-0.3, -0.25) is 0 Å². The SMILES string of the molecule is COc1ccc(-c2nc(C(C)(C)C)sc2N)c(OC)c1. The number of methoxy groups -OCH3 is 2. The van der Waals surface area contributed by atoms with E-state index in [1.54, 1.807) is 14.2 Å². The summed E-state index contributed by atoms with van der Waals surface area (Å²) in [6, 6.07) is 5.65. The molecule has 0 aliphatic heterocycles. The van der Waals surface area contributed by atoms with Crippen LogP contribution in [0, 0.1) is 0 Å². The molecule has 20 heavy (non-hydrogen) atoms. The Kier molecular flexibility index (Phi) is 3.90. The second-order valence-corrected chi connectivity index (χ2v) is 6.58. The van der Waals surface area contributed by atoms with Crippen molar-refractivity contribution in [3.63, 3.8) is 0 Å². The molecule has 0 fully saturated rings. The van der Waals surface area contributed by atoms with Gasteiger partial charge in [-0.15, -0.1) is 11.3 Å². The third-order valence-electron chi connectivity index (χ3n) is 2.96. The van der Waals surface area contributed by atoms with E-state index in [2.05, 4.69) is 25.8 Å². The Balaban J connectivity index is 2.54. The summed E-state index contributed by atoms with van der Waals surface area (Å²) in [5.41, 5.74) is 7.78. The lowest BCUT2D eigenvalue weighted by molar-refractivity contribution is 0.395. The second-order valence-electron chi connectivity index (χ2n) is 5.55. The van der Waals surface area contributed by atoms with Gasteiger partial charge in [-0.25, -0.2) is 4.98 Å². The fourth-order valence-corrected chi connectivity index (χ4v) is 2.74. The number of nitrogens with zero attached hydrogens (tertiary/aromatic N) is 1. The Morgan fingerprint density at radius 3 is 2.35 bits per heavy atom. The van der Waals surface area contributed by atoms with Crippen LogP contribution < -0.4 is 15.2 Å². The smallest absolute Gasteiger partial charge is 0.132 e. The molecule has 2 N–H and O–H groups in total. The largest absolute Gasteiger partial charge is 0.497 e. The Morgan fingerprint density at radius 2 is 1.85 bits per heavy atom. The van der Waals surface area contributed by atoms with Crippen molar-refractivity contribution in [3.8, 4) is 22.8 Å². The summed E-state index contributed by atoms with van der Waals surface area (Å²) >= 11 is 1.53. The number of thiazole rings is 1. The Morgan fingerprint density at radius 1 is 1.15 bits per heavy atom. The van der Waals surface area contributed by atoms with E-state index in [-0.39, 0.29) is 5.41 Å². The van der Waals surface area contributed by atoms with E-state index in [9.17, 15) is 0 Å². The van der Waals surface area contributed by atoms with Crippen molar-refractivity contribution in [2.75, 3.05) is 20.0 Å². The highest BCUT2D eigenvalue weighted by Gasteiger charge is 2.22. The number of ether oxygens (including phenoxy) is 2. The van der Waals surface area contributed by atoms with E-state index in [1.165, 1.54) is 11.3 Å². The molecule has 0 spiro atoms. The monoisotopic (exact) mass is 292 g/mol. The van der Waals surface area contributed by atoms with Gasteiger partial charge in [0.2, 0.25) is 0 Å². The zero-order chi connectivity index (χ0) is 14.9. The van der Waals surface area contributed by atoms with Crippen molar-refractivity contribution < 1.29 is 9.47 Å². The molecule has 108 valence electrons. The fourth-order valence-electron chi connectivity index (χ4n) is 1.84. The average molecular weight is 292 g/mol. The number of aromatic nitrogens is 1. The highest BCUT2D eigenvalue weighted by Crippen LogP contribution is 2.40. The van der Waals surface area contributed by atoms with Crippen LogP contribution in [0.3, 0.4) is 0 Å². The van der Waals surface area contributed by atoms with Gasteiger partial charge in [0.15, 0.2) is 0 Å². The van der Waals surface area contributed by atoms with Gasteiger partial charge < -0.3 is 15.2 Å². The van der Waals surface area contributed by atoms with Crippen LogP contribution in [-0.2, 0) is 5.41 Å². The summed E-state index contributed by atoms with van der Waals surface area (Å²) in [6.45, 7) is 6.38. The fraction of sp³-hybridized carbons (Fsp3) is 0.400. The summed E-state index contributed by atoms with van der Waals surface area (Å²) in [5, 5.41) is 1.72. The molecular weight excluding hydrogens is 272 g/mol. The Labute approximate surface area is 123 Å². The summed E-state index contributed by atoms with van der Waals surface area (Å²) in [7, 11) is 3.26. The second kappa shape index (κ2) is 5.32. The van der Waals surface area contributed by atoms with Crippen molar-refractivity contribution in [2.24, 2.45) is 0 Å². The van der Waals surface area contributed by atoms with Crippen molar-refractivity contribution in [3.05, 3.63) is 23.2 Å². The molecule has 0 amide bonds. The number of hydrogen-bond donors (Lipinski definition) is 1. The number of benzene rings is 1. The van der Waals surface area contributed by atoms with Crippen LogP contribution in [0.1, 0.15) is 25.8 Å². The van der Waals surface area contributed by atoms with Crippen molar-refractivity contribution in [1.82, 2.24) is 4.98 Å². The van der Waals surface area contributed by atoms with E-state index in [0.717, 1.165) is 22.0 Å². The number of nitrogen functional groups attached to an aromatic ring is 1. The normalized spacial score (nSPS) is 11.4. The van der Waals surface area contributed by atoms with Gasteiger partial charge in [0, 0.05) is 17.0 Å². The molecule has 0 unspecified atom stereocenters. The van der Waals surface area contributed by atoms with Gasteiger partial charge >= 0.3 is 0 Å². The molecule has 0 aliphatic carbocycles. The molecule has 5 heteroatoms. The number of nitrogens with two attached hydrogens (primary N) is 1. The number of hydrogen-bond acceptors (Lipinski definition) is 5. The van der Waals surface area contributed by atoms with Gasteiger partial charge in [-0.1, -0.05) is 20.8 Å². The third kappa shape index (κ3) is 2.72. The summed E-state index contributed by atoms with van der Waals surface area (Å²) in [6.07, 6.45) is 0. The number of rotatable bonds is 3. The standard InChI is InChI=1S/C15H20N2O2S/c1-15(2,3)14-17-12(13(16)20-14)10-7-6-9(18-4)8-11(10)19-5/h6-8H,16H2,1-5H3. The first-order valence-corrected chi connectivity index (χ1v) is 7.17. The van der Waals surface area contributed by atoms with Gasteiger partial charge in [0.1, 0.15) is 27.2 Å². The van der Waals surface area contributed by atoms with Gasteiger partial charge in [-0.05, 0) is 12.1 Å². The minimum absolute atomic E-state index is 0.0171. The molecule has 0 aliphatic rings. The molecule has 0 saturated heterocycles. The van der Waals surface area contributed by atoms with Crippen LogP contribution >= 0.6 is 11.3 Å². The van der Waals surface area contributed by atoms with E-state index in [0.29, 0.717) is 10.8 Å². The van der Waals surface area contributed by atoms with Crippen LogP contribution in [-0.4, -0.2) is 19.2 Å². The molecule has 2 aromatic rings. The molecule has 1 heterocycles. The molecule has 1 aromatic carbocycles. The first-order chi connectivity index (χ1) is 9.36. The van der Waals surface area contributed by atoms with Crippen molar-refractivity contribution in [1.29, 1.82) is 0 Å². The molecule has 0 atom stereocenters. The molecular formula is C15H20N2O2S. The van der Waals surface area contributed by atoms with Crippen molar-refractivity contribution >= 4 is 16.3 Å². The molecule has 2 rings (SSSR count). The summed E-state index contributed by atoms with van der Waals surface area (Å²) in [4.78, 5) is 4.69. The van der Waals surface area contributed by atoms with Gasteiger partial charge in [-0.2, -0.15) is 0 Å². The van der Waals surface area contributed by atoms with E-state index >= 15 is 0 Å². The van der Waals surface area contributed by atoms with Crippen molar-refractivity contribution in [2.45, 2.75) is 26.2 Å². The first-order valence-electron chi connectivity index (χ1n) is 6.36. The Bertz CT molecular complexity index is 615. The first kappa shape index (κ1) is 14.7. The maximum Gasteiger partial charge on any atom is 0.132 e. The zero-order valence-corrected chi connectivity index (χ0v) is 13.3. The summed E-state index contributed by atoms with van der Waals surface area (Å²) < 4.78 is 10.6. The van der Waals surface area contributed by atoms with Gasteiger partial charge in [0.25, 0.3) is 0 Å².